The number of nitrogens with zero attached hydrogens (tertiary/aromatic N) is 1. The molecule has 5 nitrogen and oxygen atoms in total. The quantitative estimate of drug-likeness (QED) is 0.440. The second-order valence-electron chi connectivity index (χ2n) is 4.41. The van der Waals surface area contributed by atoms with Crippen LogP contribution >= 0.6 is 23.2 Å². The van der Waals surface area contributed by atoms with E-state index in [1.807, 2.05) is 0 Å². The lowest BCUT2D eigenvalue weighted by molar-refractivity contribution is -0.112. The summed E-state index contributed by atoms with van der Waals surface area (Å²) >= 11 is 11.7. The monoisotopic (exact) mass is 347 g/mol. The highest BCUT2D eigenvalue weighted by Gasteiger charge is 2.11. The number of amides is 1. The van der Waals surface area contributed by atoms with Crippen molar-refractivity contribution in [3.05, 3.63) is 64.3 Å². The fourth-order valence-electron chi connectivity index (χ4n) is 1.67. The van der Waals surface area contributed by atoms with Crippen LogP contribution in [-0.2, 0) is 4.79 Å². The van der Waals surface area contributed by atoms with Crippen molar-refractivity contribution < 1.29 is 9.90 Å². The second-order valence-corrected chi connectivity index (χ2v) is 5.25. The molecule has 3 N–H and O–H groups in total. The van der Waals surface area contributed by atoms with Crippen molar-refractivity contribution in [2.24, 2.45) is 0 Å². The van der Waals surface area contributed by atoms with Gasteiger partial charge in [0.05, 0.1) is 16.4 Å². The maximum atomic E-state index is 12.1. The van der Waals surface area contributed by atoms with Crippen molar-refractivity contribution >= 4 is 40.5 Å². The predicted molar refractivity (Wildman–Crippen MR) is 90.5 cm³/mol. The summed E-state index contributed by atoms with van der Waals surface area (Å²) in [5.41, 5.74) is 0.529. The van der Waals surface area contributed by atoms with Crippen LogP contribution in [0.25, 0.3) is 0 Å². The lowest BCUT2D eigenvalue weighted by atomic mass is 10.2. The Morgan fingerprint density at radius 2 is 1.91 bits per heavy atom. The maximum absolute atomic E-state index is 12.1. The molecule has 2 rings (SSSR count). The number of aromatic hydroxyl groups is 1. The van der Waals surface area contributed by atoms with Crippen molar-refractivity contribution in [1.82, 2.24) is 0 Å². The molecular formula is C16H11Cl2N3O2. The van der Waals surface area contributed by atoms with Crippen LogP contribution in [0.1, 0.15) is 0 Å². The van der Waals surface area contributed by atoms with E-state index in [0.29, 0.717) is 16.4 Å². The van der Waals surface area contributed by atoms with Crippen LogP contribution in [0.15, 0.2) is 54.2 Å². The van der Waals surface area contributed by atoms with Gasteiger partial charge in [-0.15, -0.1) is 0 Å². The number of rotatable bonds is 4. The van der Waals surface area contributed by atoms with Crippen LogP contribution in [0.4, 0.5) is 11.4 Å². The Balaban J connectivity index is 2.14. The highest BCUT2D eigenvalue weighted by atomic mass is 35.5. The number of nitriles is 1. The number of carbonyl (C=O) groups is 1. The second kappa shape index (κ2) is 7.54. The maximum Gasteiger partial charge on any atom is 0.267 e. The van der Waals surface area contributed by atoms with E-state index in [2.05, 4.69) is 10.6 Å². The summed E-state index contributed by atoms with van der Waals surface area (Å²) in [6.45, 7) is 0. The number of carbonyl (C=O) groups excluding carboxylic acids is 1. The molecule has 1 amide bonds. The zero-order valence-electron chi connectivity index (χ0n) is 11.7. The van der Waals surface area contributed by atoms with Gasteiger partial charge in [0.25, 0.3) is 5.91 Å². The summed E-state index contributed by atoms with van der Waals surface area (Å²) in [5, 5.41) is 24.6. The zero-order chi connectivity index (χ0) is 16.8. The first-order chi connectivity index (χ1) is 11.0. The van der Waals surface area contributed by atoms with Gasteiger partial charge >= 0.3 is 0 Å². The number of hydrogen-bond acceptors (Lipinski definition) is 4. The van der Waals surface area contributed by atoms with Crippen molar-refractivity contribution in [2.75, 3.05) is 10.6 Å². The van der Waals surface area contributed by atoms with Crippen LogP contribution in [0.3, 0.4) is 0 Å². The van der Waals surface area contributed by atoms with Gasteiger partial charge in [-0.25, -0.2) is 0 Å². The predicted octanol–water partition coefficient (Wildman–Crippen LogP) is 4.16. The third-order valence-corrected chi connectivity index (χ3v) is 3.37. The first-order valence-corrected chi connectivity index (χ1v) is 7.18. The van der Waals surface area contributed by atoms with Crippen molar-refractivity contribution in [3.8, 4) is 11.8 Å². The minimum absolute atomic E-state index is 0.00203. The van der Waals surface area contributed by atoms with Gasteiger partial charge in [-0.2, -0.15) is 5.26 Å². The summed E-state index contributed by atoms with van der Waals surface area (Å²) < 4.78 is 0. The molecule has 0 aliphatic heterocycles. The van der Waals surface area contributed by atoms with Crippen LogP contribution in [0.2, 0.25) is 10.0 Å². The van der Waals surface area contributed by atoms with Gasteiger partial charge in [0.2, 0.25) is 0 Å². The van der Waals surface area contributed by atoms with Gasteiger partial charge in [0.15, 0.2) is 0 Å². The van der Waals surface area contributed by atoms with Crippen LogP contribution in [-0.4, -0.2) is 11.0 Å². The Bertz CT molecular complexity index is 813. The molecule has 0 radical (unpaired) electrons. The highest BCUT2D eigenvalue weighted by Crippen LogP contribution is 2.26. The fraction of sp³-hybridized carbons (Fsp3) is 0. The van der Waals surface area contributed by atoms with E-state index in [1.165, 1.54) is 24.4 Å². The van der Waals surface area contributed by atoms with Gasteiger partial charge < -0.3 is 15.7 Å². The molecule has 0 unspecified atom stereocenters. The van der Waals surface area contributed by atoms with E-state index in [4.69, 9.17) is 28.5 Å². The Morgan fingerprint density at radius 3 is 2.57 bits per heavy atom. The average Bonchev–Trinajstić information content (AvgIpc) is 2.52. The third-order valence-electron chi connectivity index (χ3n) is 2.82. The number of hydrogen-bond donors (Lipinski definition) is 3. The molecule has 0 aliphatic rings. The minimum atomic E-state index is -0.639. The van der Waals surface area contributed by atoms with Crippen molar-refractivity contribution in [3.63, 3.8) is 0 Å². The molecule has 0 aliphatic carbocycles. The van der Waals surface area contributed by atoms with E-state index in [-0.39, 0.29) is 16.3 Å². The number of nitrogens with one attached hydrogen (secondary N) is 2. The number of halogens is 2. The standard InChI is InChI=1S/C16H11Cl2N3O2/c17-11-5-6-13(12(18)7-11)21-16(23)10(8-19)9-20-14-3-1-2-4-15(14)22/h1-7,9,20,22H,(H,21,23)/b10-9-. The number of benzene rings is 2. The normalized spacial score (nSPS) is 10.7. The summed E-state index contributed by atoms with van der Waals surface area (Å²) in [6.07, 6.45) is 1.20. The smallest absolute Gasteiger partial charge is 0.267 e. The molecule has 0 heterocycles. The van der Waals surface area contributed by atoms with E-state index in [0.717, 1.165) is 0 Å². The first kappa shape index (κ1) is 16.7. The summed E-state index contributed by atoms with van der Waals surface area (Å²) in [7, 11) is 0. The fourth-order valence-corrected chi connectivity index (χ4v) is 2.13. The molecule has 0 atom stereocenters. The van der Waals surface area contributed by atoms with E-state index < -0.39 is 5.91 Å². The summed E-state index contributed by atoms with van der Waals surface area (Å²) in [4.78, 5) is 12.1. The SMILES string of the molecule is N#C/C(=C/Nc1ccccc1O)C(=O)Nc1ccc(Cl)cc1Cl. The molecule has 2 aromatic rings. The molecule has 0 bridgehead atoms. The minimum Gasteiger partial charge on any atom is -0.506 e. The lowest BCUT2D eigenvalue weighted by Gasteiger charge is -2.07. The average molecular weight is 348 g/mol. The number of anilines is 2. The first-order valence-electron chi connectivity index (χ1n) is 6.42. The number of phenolic OH excluding ortho intramolecular Hbond substituents is 1. The molecule has 0 fully saturated rings. The molecule has 7 heteroatoms. The highest BCUT2D eigenvalue weighted by molar-refractivity contribution is 6.36. The van der Waals surface area contributed by atoms with Crippen LogP contribution in [0.5, 0.6) is 5.75 Å². The molecule has 0 saturated heterocycles. The summed E-state index contributed by atoms with van der Waals surface area (Å²) in [5.74, 6) is -0.637. The molecule has 2 aromatic carbocycles. The molecule has 0 aromatic heterocycles. The van der Waals surface area contributed by atoms with E-state index in [9.17, 15) is 9.90 Å². The Kier molecular flexibility index (Phi) is 5.47. The van der Waals surface area contributed by atoms with Gasteiger partial charge in [0, 0.05) is 11.2 Å². The number of phenols is 1. The zero-order valence-corrected chi connectivity index (χ0v) is 13.2. The van der Waals surface area contributed by atoms with Crippen molar-refractivity contribution in [1.29, 1.82) is 5.26 Å². The topological polar surface area (TPSA) is 85.2 Å². The third kappa shape index (κ3) is 4.39. The van der Waals surface area contributed by atoms with Crippen LogP contribution in [0, 0.1) is 11.3 Å². The Hall–Kier alpha value is -2.68. The van der Waals surface area contributed by atoms with Gasteiger partial charge in [-0.1, -0.05) is 35.3 Å². The Labute approximate surface area is 142 Å². The summed E-state index contributed by atoms with van der Waals surface area (Å²) in [6, 6.07) is 12.8. The largest absolute Gasteiger partial charge is 0.506 e. The van der Waals surface area contributed by atoms with E-state index >= 15 is 0 Å². The van der Waals surface area contributed by atoms with Gasteiger partial charge in [-0.05, 0) is 30.3 Å². The van der Waals surface area contributed by atoms with Crippen LogP contribution < -0.4 is 10.6 Å². The molecular weight excluding hydrogens is 337 g/mol. The number of para-hydroxylation sites is 2. The lowest BCUT2D eigenvalue weighted by Crippen LogP contribution is -2.14. The van der Waals surface area contributed by atoms with Crippen molar-refractivity contribution in [2.45, 2.75) is 0 Å². The van der Waals surface area contributed by atoms with Gasteiger partial charge in [0.1, 0.15) is 17.4 Å². The molecule has 0 spiro atoms. The molecule has 0 saturated carbocycles. The van der Waals surface area contributed by atoms with Gasteiger partial charge in [-0.3, -0.25) is 4.79 Å². The molecule has 23 heavy (non-hydrogen) atoms. The molecule has 116 valence electrons. The Morgan fingerprint density at radius 1 is 1.17 bits per heavy atom. The van der Waals surface area contributed by atoms with E-state index in [1.54, 1.807) is 30.3 Å².